The lowest BCUT2D eigenvalue weighted by Gasteiger charge is -2.32. The minimum absolute atomic E-state index is 0.322. The maximum absolute atomic E-state index is 3.85. The van der Waals surface area contributed by atoms with Crippen molar-refractivity contribution in [3.8, 4) is 0 Å². The topological polar surface area (TPSA) is 15.3 Å². The third kappa shape index (κ3) is 7.10. The van der Waals surface area contributed by atoms with E-state index in [0.29, 0.717) is 17.5 Å². The normalized spacial score (nSPS) is 15.2. The Bertz CT molecular complexity index is 376. The summed E-state index contributed by atoms with van der Waals surface area (Å²) in [5, 5.41) is 3.85. The smallest absolute Gasteiger partial charge is 0.0328 e. The molecule has 0 aliphatic carbocycles. The lowest BCUT2D eigenvalue weighted by molar-refractivity contribution is 0.240. The first-order valence-electron chi connectivity index (χ1n) is 8.39. The van der Waals surface area contributed by atoms with Gasteiger partial charge in [0.2, 0.25) is 0 Å². The molecule has 0 saturated heterocycles. The Kier molecular flexibility index (Phi) is 7.41. The molecule has 1 aromatic rings. The number of likely N-dealkylation sites (N-methyl/N-ethyl adjacent to an activating group) is 1. The van der Waals surface area contributed by atoms with Crippen LogP contribution in [-0.2, 0) is 0 Å². The fourth-order valence-electron chi connectivity index (χ4n) is 2.84. The van der Waals surface area contributed by atoms with Crippen molar-refractivity contribution >= 4 is 0 Å². The third-order valence-electron chi connectivity index (χ3n) is 3.93. The van der Waals surface area contributed by atoms with Crippen LogP contribution in [-0.4, -0.2) is 30.6 Å². The number of hydrogen-bond acceptors (Lipinski definition) is 2. The van der Waals surface area contributed by atoms with Gasteiger partial charge in [0.05, 0.1) is 0 Å². The first kappa shape index (κ1) is 18.2. The molecule has 21 heavy (non-hydrogen) atoms. The van der Waals surface area contributed by atoms with Crippen molar-refractivity contribution < 1.29 is 0 Å². The summed E-state index contributed by atoms with van der Waals surface area (Å²) >= 11 is 0. The van der Waals surface area contributed by atoms with Crippen LogP contribution in [0.1, 0.15) is 59.6 Å². The largest absolute Gasteiger partial charge is 0.306 e. The standard InChI is InChI=1S/C19H34N2/c1-7-21(8-2)15-16(3)20-18(14-19(4,5)6)17-12-10-9-11-13-17/h9-13,16,18,20H,7-8,14-15H2,1-6H3. The Labute approximate surface area is 131 Å². The van der Waals surface area contributed by atoms with Crippen molar-refractivity contribution in [1.29, 1.82) is 0 Å². The second kappa shape index (κ2) is 8.55. The summed E-state index contributed by atoms with van der Waals surface area (Å²) in [5.41, 5.74) is 1.72. The molecular formula is C19H34N2. The maximum atomic E-state index is 3.85. The molecular weight excluding hydrogens is 256 g/mol. The molecule has 0 radical (unpaired) electrons. The predicted molar refractivity (Wildman–Crippen MR) is 93.6 cm³/mol. The molecule has 2 atom stereocenters. The molecule has 1 aromatic carbocycles. The molecule has 0 saturated carbocycles. The first-order valence-corrected chi connectivity index (χ1v) is 8.39. The molecule has 1 rings (SSSR count). The van der Waals surface area contributed by atoms with E-state index in [0.717, 1.165) is 26.1 Å². The van der Waals surface area contributed by atoms with E-state index in [9.17, 15) is 0 Å². The van der Waals surface area contributed by atoms with Gasteiger partial charge in [-0.15, -0.1) is 0 Å². The van der Waals surface area contributed by atoms with Crippen LogP contribution in [0.5, 0.6) is 0 Å². The molecule has 0 spiro atoms. The Balaban J connectivity index is 2.73. The summed E-state index contributed by atoms with van der Waals surface area (Å²) < 4.78 is 0. The zero-order valence-corrected chi connectivity index (χ0v) is 14.8. The Hall–Kier alpha value is -0.860. The third-order valence-corrected chi connectivity index (χ3v) is 3.93. The van der Waals surface area contributed by atoms with Crippen LogP contribution in [0.2, 0.25) is 0 Å². The van der Waals surface area contributed by atoms with Crippen LogP contribution < -0.4 is 5.32 Å². The van der Waals surface area contributed by atoms with E-state index in [1.54, 1.807) is 0 Å². The highest BCUT2D eigenvalue weighted by Crippen LogP contribution is 2.29. The molecule has 2 nitrogen and oxygen atoms in total. The van der Waals surface area contributed by atoms with E-state index < -0.39 is 0 Å². The monoisotopic (exact) mass is 290 g/mol. The second-order valence-corrected chi connectivity index (χ2v) is 7.28. The summed E-state index contributed by atoms with van der Waals surface area (Å²) in [6.45, 7) is 17.1. The maximum Gasteiger partial charge on any atom is 0.0328 e. The zero-order valence-electron chi connectivity index (χ0n) is 14.8. The zero-order chi connectivity index (χ0) is 15.9. The highest BCUT2D eigenvalue weighted by atomic mass is 15.1. The quantitative estimate of drug-likeness (QED) is 0.759. The number of rotatable bonds is 8. The summed E-state index contributed by atoms with van der Waals surface area (Å²) in [5.74, 6) is 0. The molecule has 0 fully saturated rings. The van der Waals surface area contributed by atoms with Crippen LogP contribution in [0, 0.1) is 5.41 Å². The van der Waals surface area contributed by atoms with Crippen LogP contribution in [0.15, 0.2) is 30.3 Å². The molecule has 1 N–H and O–H groups in total. The molecule has 0 bridgehead atoms. The van der Waals surface area contributed by atoms with E-state index in [2.05, 4.69) is 82.1 Å². The van der Waals surface area contributed by atoms with Crippen molar-refractivity contribution in [3.63, 3.8) is 0 Å². The van der Waals surface area contributed by atoms with Gasteiger partial charge in [0, 0.05) is 18.6 Å². The van der Waals surface area contributed by atoms with E-state index in [-0.39, 0.29) is 0 Å². The molecule has 0 aliphatic rings. The van der Waals surface area contributed by atoms with E-state index in [1.807, 2.05) is 0 Å². The Morgan fingerprint density at radius 3 is 2.10 bits per heavy atom. The van der Waals surface area contributed by atoms with Gasteiger partial charge in [-0.25, -0.2) is 0 Å². The number of benzene rings is 1. The highest BCUT2D eigenvalue weighted by molar-refractivity contribution is 5.19. The van der Waals surface area contributed by atoms with Gasteiger partial charge in [-0.3, -0.25) is 0 Å². The minimum Gasteiger partial charge on any atom is -0.306 e. The molecule has 120 valence electrons. The summed E-state index contributed by atoms with van der Waals surface area (Å²) in [7, 11) is 0. The lowest BCUT2D eigenvalue weighted by Crippen LogP contribution is -2.41. The number of nitrogens with one attached hydrogen (secondary N) is 1. The van der Waals surface area contributed by atoms with Gasteiger partial charge in [0.1, 0.15) is 0 Å². The van der Waals surface area contributed by atoms with Crippen molar-refractivity contribution in [2.75, 3.05) is 19.6 Å². The number of nitrogens with zero attached hydrogens (tertiary/aromatic N) is 1. The summed E-state index contributed by atoms with van der Waals surface area (Å²) in [6.07, 6.45) is 1.15. The fraction of sp³-hybridized carbons (Fsp3) is 0.684. The SMILES string of the molecule is CCN(CC)CC(C)NC(CC(C)(C)C)c1ccccc1. The fourth-order valence-corrected chi connectivity index (χ4v) is 2.84. The molecule has 0 amide bonds. The van der Waals surface area contributed by atoms with Crippen molar-refractivity contribution in [2.45, 2.75) is 60.0 Å². The van der Waals surface area contributed by atoms with Crippen molar-refractivity contribution in [2.24, 2.45) is 5.41 Å². The number of hydrogen-bond donors (Lipinski definition) is 1. The van der Waals surface area contributed by atoms with Crippen molar-refractivity contribution in [3.05, 3.63) is 35.9 Å². The molecule has 0 aliphatic heterocycles. The lowest BCUT2D eigenvalue weighted by atomic mass is 9.85. The van der Waals surface area contributed by atoms with Gasteiger partial charge in [-0.05, 0) is 37.4 Å². The summed E-state index contributed by atoms with van der Waals surface area (Å²) in [6, 6.07) is 11.8. The predicted octanol–water partition coefficient (Wildman–Crippen LogP) is 4.48. The highest BCUT2D eigenvalue weighted by Gasteiger charge is 2.22. The van der Waals surface area contributed by atoms with Gasteiger partial charge >= 0.3 is 0 Å². The average Bonchev–Trinajstić information content (AvgIpc) is 2.43. The molecule has 2 heteroatoms. The van der Waals surface area contributed by atoms with Crippen LogP contribution in [0.3, 0.4) is 0 Å². The molecule has 2 unspecified atom stereocenters. The summed E-state index contributed by atoms with van der Waals surface area (Å²) in [4.78, 5) is 2.48. The van der Waals surface area contributed by atoms with Crippen molar-refractivity contribution in [1.82, 2.24) is 10.2 Å². The molecule has 0 heterocycles. The average molecular weight is 290 g/mol. The second-order valence-electron chi connectivity index (χ2n) is 7.28. The van der Waals surface area contributed by atoms with E-state index in [1.165, 1.54) is 5.56 Å². The molecule has 0 aromatic heterocycles. The van der Waals surface area contributed by atoms with Gasteiger partial charge in [0.15, 0.2) is 0 Å². The Morgan fingerprint density at radius 1 is 1.05 bits per heavy atom. The van der Waals surface area contributed by atoms with Gasteiger partial charge in [-0.2, -0.15) is 0 Å². The van der Waals surface area contributed by atoms with Crippen LogP contribution in [0.25, 0.3) is 0 Å². The first-order chi connectivity index (χ1) is 9.85. The van der Waals surface area contributed by atoms with Gasteiger partial charge < -0.3 is 10.2 Å². The van der Waals surface area contributed by atoms with Crippen LogP contribution in [0.4, 0.5) is 0 Å². The van der Waals surface area contributed by atoms with E-state index in [4.69, 9.17) is 0 Å². The Morgan fingerprint density at radius 2 is 1.62 bits per heavy atom. The minimum atomic E-state index is 0.322. The van der Waals surface area contributed by atoms with Gasteiger partial charge in [-0.1, -0.05) is 65.0 Å². The van der Waals surface area contributed by atoms with Crippen LogP contribution >= 0.6 is 0 Å². The van der Waals surface area contributed by atoms with E-state index >= 15 is 0 Å². The van der Waals surface area contributed by atoms with Gasteiger partial charge in [0.25, 0.3) is 0 Å².